The third kappa shape index (κ3) is 31.7. The molecule has 1 saturated heterocycles. The molecule has 0 aromatic carbocycles. The number of allylic oxidation sites excluding steroid dienone is 10. The Morgan fingerprint density at radius 2 is 1.31 bits per heavy atom. The number of esters is 2. The number of hydrogen-bond acceptors (Lipinski definition) is 17. The molecular formula is C52H83N3O17P2. The minimum atomic E-state index is -5.47. The third-order valence-corrected chi connectivity index (χ3v) is 13.7. The van der Waals surface area contributed by atoms with Gasteiger partial charge in [0.1, 0.15) is 30.7 Å². The van der Waals surface area contributed by atoms with Crippen LogP contribution in [0.4, 0.5) is 5.82 Å². The molecule has 1 aliphatic heterocycles. The van der Waals surface area contributed by atoms with Crippen molar-refractivity contribution in [2.24, 2.45) is 0 Å². The molecule has 22 heteroatoms. The fourth-order valence-electron chi connectivity index (χ4n) is 7.10. The molecular weight excluding hydrogens is 1000 g/mol. The molecule has 1 aliphatic rings. The Morgan fingerprint density at radius 1 is 0.730 bits per heavy atom. The van der Waals surface area contributed by atoms with Crippen LogP contribution in [0.5, 0.6) is 0 Å². The van der Waals surface area contributed by atoms with Crippen LogP contribution < -0.4 is 11.4 Å². The molecule has 74 heavy (non-hydrogen) atoms. The molecule has 20 nitrogen and oxygen atoms in total. The summed E-state index contributed by atoms with van der Waals surface area (Å²) in [6, 6.07) is 1.23. The van der Waals surface area contributed by atoms with E-state index >= 15 is 0 Å². The summed E-state index contributed by atoms with van der Waals surface area (Å²) in [7, 11) is -10.9. The molecule has 0 amide bonds. The molecule has 418 valence electrons. The number of ether oxygens (including phenoxy) is 3. The molecule has 1 fully saturated rings. The number of aromatic nitrogens is 2. The monoisotopic (exact) mass is 1080 g/mol. The van der Waals surface area contributed by atoms with Crippen LogP contribution in [0.25, 0.3) is 0 Å². The Morgan fingerprint density at radius 3 is 1.95 bits per heavy atom. The van der Waals surface area contributed by atoms with Gasteiger partial charge in [0.25, 0.3) is 0 Å². The number of anilines is 1. The van der Waals surface area contributed by atoms with Gasteiger partial charge in [-0.2, -0.15) is 9.29 Å². The van der Waals surface area contributed by atoms with E-state index in [2.05, 4.69) is 28.4 Å². The van der Waals surface area contributed by atoms with Crippen molar-refractivity contribution in [2.75, 3.05) is 25.6 Å². The molecule has 0 spiro atoms. The quantitative estimate of drug-likeness (QED) is 0.0106. The van der Waals surface area contributed by atoms with Crippen LogP contribution in [-0.2, 0) is 46.3 Å². The van der Waals surface area contributed by atoms with E-state index in [1.165, 1.54) is 44.6 Å². The number of hydrogen-bond donors (Lipinski definition) is 7. The zero-order valence-electron chi connectivity index (χ0n) is 43.1. The van der Waals surface area contributed by atoms with Crippen LogP contribution >= 0.6 is 15.6 Å². The van der Waals surface area contributed by atoms with Crippen LogP contribution in [0.2, 0.25) is 0 Å². The Labute approximate surface area is 436 Å². The second kappa shape index (κ2) is 39.3. The van der Waals surface area contributed by atoms with Crippen molar-refractivity contribution in [3.05, 3.63) is 108 Å². The average molecular weight is 1080 g/mol. The maximum atomic E-state index is 12.9. The number of unbranched alkanes of at least 4 members (excludes halogenated alkanes) is 11. The lowest BCUT2D eigenvalue weighted by atomic mass is 10.1. The van der Waals surface area contributed by atoms with E-state index in [1.807, 2.05) is 31.2 Å². The largest absolute Gasteiger partial charge is 0.481 e. The standard InChI is InChI=1S/C52H83N3O17P2/c1-3-5-7-8-9-10-11-12-13-14-15-16-17-21-29-35-47(58)67-39-44(70-48(59)36-30-22-19-18-20-26-32-43(57)34-28-24-23-27-33-42(56)31-25-6-4-2)40-68-73(63,64)72-74(65,66)69-41-45-49(60)50(61)51(71-45)55-38-37-46(53)54-52(55)62/h6,12-13,19-20,22-28,33-34,37-38,42-45,49-51,56-57,60-61H,3-5,7-11,14-18,21,29-32,35-36,39-41H2,1-2H3,(H,63,64)(H,65,66)(H2,53,54,62)/b13-12-,22-19-,24-23-,25-6-,26-20-,33-27+,34-28+/t42-,43+,44+,45+,49+,50+,51+/m0/s1. The first-order valence-electron chi connectivity index (χ1n) is 25.8. The van der Waals surface area contributed by atoms with Crippen molar-refractivity contribution in [2.45, 2.75) is 185 Å². The maximum absolute atomic E-state index is 12.9. The van der Waals surface area contributed by atoms with E-state index in [4.69, 9.17) is 29.0 Å². The predicted octanol–water partition coefficient (Wildman–Crippen LogP) is 8.61. The number of aliphatic hydroxyl groups is 4. The van der Waals surface area contributed by atoms with Gasteiger partial charge in [-0.3, -0.25) is 23.2 Å². The highest BCUT2D eigenvalue weighted by Crippen LogP contribution is 2.60. The van der Waals surface area contributed by atoms with Crippen molar-refractivity contribution >= 4 is 33.4 Å². The second-order valence-corrected chi connectivity index (χ2v) is 20.7. The van der Waals surface area contributed by atoms with E-state index in [-0.39, 0.29) is 25.1 Å². The molecule has 2 unspecified atom stereocenters. The summed E-state index contributed by atoms with van der Waals surface area (Å²) in [5.74, 6) is -1.49. The first kappa shape index (κ1) is 66.0. The van der Waals surface area contributed by atoms with Gasteiger partial charge in [0.2, 0.25) is 0 Å². The van der Waals surface area contributed by atoms with Crippen LogP contribution in [0, 0.1) is 0 Å². The van der Waals surface area contributed by atoms with Gasteiger partial charge >= 0.3 is 33.3 Å². The minimum Gasteiger partial charge on any atom is -0.462 e. The lowest BCUT2D eigenvalue weighted by molar-refractivity contribution is -0.161. The fourth-order valence-corrected chi connectivity index (χ4v) is 9.21. The molecule has 0 bridgehead atoms. The lowest BCUT2D eigenvalue weighted by Gasteiger charge is -2.21. The molecule has 9 atom stereocenters. The van der Waals surface area contributed by atoms with Gasteiger partial charge in [0.15, 0.2) is 12.3 Å². The molecule has 0 aliphatic carbocycles. The Hall–Kier alpha value is -4.14. The summed E-state index contributed by atoms with van der Waals surface area (Å²) < 4.78 is 56.6. The van der Waals surface area contributed by atoms with Crippen LogP contribution in [0.15, 0.2) is 102 Å². The summed E-state index contributed by atoms with van der Waals surface area (Å²) in [5, 5.41) is 41.0. The van der Waals surface area contributed by atoms with Crippen molar-refractivity contribution in [3.8, 4) is 0 Å². The van der Waals surface area contributed by atoms with Crippen LogP contribution in [0.1, 0.15) is 148 Å². The van der Waals surface area contributed by atoms with Gasteiger partial charge in [-0.1, -0.05) is 150 Å². The van der Waals surface area contributed by atoms with E-state index < -0.39 is 95.9 Å². The number of nitrogens with zero attached hydrogens (tertiary/aromatic N) is 2. The van der Waals surface area contributed by atoms with E-state index in [1.54, 1.807) is 48.6 Å². The maximum Gasteiger partial charge on any atom is 0.481 e. The van der Waals surface area contributed by atoms with Crippen molar-refractivity contribution in [1.82, 2.24) is 9.55 Å². The number of nitrogen functional groups attached to an aromatic ring is 1. The average Bonchev–Trinajstić information content (AvgIpc) is 3.63. The first-order chi connectivity index (χ1) is 35.5. The van der Waals surface area contributed by atoms with Crippen LogP contribution in [-0.4, -0.2) is 108 Å². The number of aliphatic hydroxyl groups excluding tert-OH is 4. The molecule has 2 heterocycles. The second-order valence-electron chi connectivity index (χ2n) is 17.7. The Balaban J connectivity index is 1.87. The van der Waals surface area contributed by atoms with Gasteiger partial charge in [0.05, 0.1) is 25.4 Å². The van der Waals surface area contributed by atoms with Gasteiger partial charge in [-0.25, -0.2) is 13.9 Å². The van der Waals surface area contributed by atoms with Crippen molar-refractivity contribution in [1.29, 1.82) is 0 Å². The lowest BCUT2D eigenvalue weighted by Crippen LogP contribution is -2.36. The summed E-state index contributed by atoms with van der Waals surface area (Å²) in [6.45, 7) is 1.77. The normalized spacial score (nSPS) is 20.4. The molecule has 1 aromatic heterocycles. The first-order valence-corrected chi connectivity index (χ1v) is 28.8. The smallest absolute Gasteiger partial charge is 0.462 e. The summed E-state index contributed by atoms with van der Waals surface area (Å²) in [6.07, 6.45) is 34.5. The van der Waals surface area contributed by atoms with Crippen molar-refractivity contribution < 1.29 is 76.5 Å². The topological polar surface area (TPSA) is 306 Å². The summed E-state index contributed by atoms with van der Waals surface area (Å²) in [4.78, 5) is 61.9. The Bertz CT molecular complexity index is 2110. The minimum absolute atomic E-state index is 0.0748. The third-order valence-electron chi connectivity index (χ3n) is 11.1. The van der Waals surface area contributed by atoms with Crippen LogP contribution in [0.3, 0.4) is 0 Å². The van der Waals surface area contributed by atoms with Gasteiger partial charge in [-0.05, 0) is 70.3 Å². The van der Waals surface area contributed by atoms with E-state index in [9.17, 15) is 53.7 Å². The molecule has 2 rings (SSSR count). The van der Waals surface area contributed by atoms with Gasteiger partial charge in [0, 0.05) is 19.0 Å². The van der Waals surface area contributed by atoms with E-state index in [0.717, 1.165) is 55.7 Å². The molecule has 1 aromatic rings. The van der Waals surface area contributed by atoms with Gasteiger partial charge in [-0.15, -0.1) is 0 Å². The van der Waals surface area contributed by atoms with Gasteiger partial charge < -0.3 is 50.2 Å². The summed E-state index contributed by atoms with van der Waals surface area (Å²) >= 11 is 0. The molecule has 0 radical (unpaired) electrons. The number of carbonyl (C=O) groups is 2. The van der Waals surface area contributed by atoms with E-state index in [0.29, 0.717) is 25.7 Å². The number of phosphoric ester groups is 2. The highest BCUT2D eigenvalue weighted by molar-refractivity contribution is 7.61. The Kier molecular flexibility index (Phi) is 35.0. The zero-order valence-corrected chi connectivity index (χ0v) is 44.9. The van der Waals surface area contributed by atoms with Crippen molar-refractivity contribution in [3.63, 3.8) is 0 Å². The zero-order chi connectivity index (χ0) is 54.5. The number of carbonyl (C=O) groups excluding carboxylic acids is 2. The fraction of sp³-hybridized carbons (Fsp3) is 0.615. The predicted molar refractivity (Wildman–Crippen MR) is 282 cm³/mol. The number of phosphoric acid groups is 2. The number of rotatable bonds is 41. The molecule has 0 saturated carbocycles. The SMILES string of the molecule is CC/C=C\C[C@H](O)/C=C/C=C\C=C\[C@H](O)C/C=C\C/C=C\CCC(=O)O[C@H](COC(=O)CCCCCCC/C=C\CCCCCCCC)COP(=O)(O)OP(=O)(O)OC[C@H]1O[C@@H](n2ccc(N)nc2=O)[C@H](O)[C@@H]1O. The summed E-state index contributed by atoms with van der Waals surface area (Å²) in [5.41, 5.74) is 4.57. The highest BCUT2D eigenvalue weighted by atomic mass is 31.3. The highest BCUT2D eigenvalue weighted by Gasteiger charge is 2.46. The molecule has 8 N–H and O–H groups in total. The number of nitrogens with two attached hydrogens (primary N) is 1.